The van der Waals surface area contributed by atoms with Gasteiger partial charge in [-0.25, -0.2) is 0 Å². The largest absolute Gasteiger partial charge is 0.376 e. The van der Waals surface area contributed by atoms with Gasteiger partial charge in [-0.15, -0.1) is 0 Å². The van der Waals surface area contributed by atoms with Crippen LogP contribution in [0.1, 0.15) is 49.8 Å². The summed E-state index contributed by atoms with van der Waals surface area (Å²) in [6, 6.07) is 0.993. The van der Waals surface area contributed by atoms with Gasteiger partial charge in [-0.2, -0.15) is 5.10 Å². The van der Waals surface area contributed by atoms with Crippen molar-refractivity contribution in [1.82, 2.24) is 14.7 Å². The fraction of sp³-hybridized carbons (Fsp3) is 0.750. The van der Waals surface area contributed by atoms with Gasteiger partial charge in [0, 0.05) is 30.3 Å². The van der Waals surface area contributed by atoms with E-state index in [2.05, 4.69) is 10.00 Å². The number of amides is 1. The fourth-order valence-corrected chi connectivity index (χ4v) is 3.73. The molecule has 2 saturated carbocycles. The molecule has 1 aliphatic heterocycles. The van der Waals surface area contributed by atoms with E-state index in [1.807, 2.05) is 10.9 Å². The van der Waals surface area contributed by atoms with Crippen LogP contribution in [0.5, 0.6) is 0 Å². The van der Waals surface area contributed by atoms with Crippen molar-refractivity contribution in [2.45, 2.75) is 70.2 Å². The summed E-state index contributed by atoms with van der Waals surface area (Å²) in [5, 5.41) is 4.57. The Kier molecular flexibility index (Phi) is 3.45. The Bertz CT molecular complexity index is 506. The van der Waals surface area contributed by atoms with E-state index < -0.39 is 0 Å². The molecule has 3 aliphatic rings. The number of aromatic nitrogens is 2. The highest BCUT2D eigenvalue weighted by Gasteiger charge is 2.38. The second-order valence-corrected chi connectivity index (χ2v) is 6.57. The van der Waals surface area contributed by atoms with Crippen molar-refractivity contribution in [3.63, 3.8) is 0 Å². The lowest BCUT2D eigenvalue weighted by Crippen LogP contribution is -2.42. The molecule has 0 radical (unpaired) electrons. The zero-order valence-corrected chi connectivity index (χ0v) is 12.5. The zero-order chi connectivity index (χ0) is 14.2. The molecule has 4 rings (SSSR count). The Balaban J connectivity index is 1.47. The topological polar surface area (TPSA) is 47.4 Å². The van der Waals surface area contributed by atoms with E-state index in [4.69, 9.17) is 4.74 Å². The van der Waals surface area contributed by atoms with Gasteiger partial charge < -0.3 is 9.64 Å². The van der Waals surface area contributed by atoms with Crippen LogP contribution in [-0.4, -0.2) is 39.3 Å². The van der Waals surface area contributed by atoms with Crippen molar-refractivity contribution >= 4 is 5.91 Å². The smallest absolute Gasteiger partial charge is 0.244 e. The molecule has 5 heteroatoms. The minimum atomic E-state index is 0.255. The Morgan fingerprint density at radius 2 is 2.05 bits per heavy atom. The number of ether oxygens (including phenoxy) is 1. The van der Waals surface area contributed by atoms with Crippen molar-refractivity contribution in [1.29, 1.82) is 0 Å². The molecule has 5 nitrogen and oxygen atoms in total. The molecule has 2 fully saturated rings. The molecular weight excluding hydrogens is 266 g/mol. The van der Waals surface area contributed by atoms with Gasteiger partial charge in [-0.3, -0.25) is 9.48 Å². The molecule has 114 valence electrons. The van der Waals surface area contributed by atoms with Crippen LogP contribution < -0.4 is 0 Å². The van der Waals surface area contributed by atoms with E-state index in [-0.39, 0.29) is 5.91 Å². The number of nitrogens with zero attached hydrogens (tertiary/aromatic N) is 3. The van der Waals surface area contributed by atoms with Crippen LogP contribution in [-0.2, 0) is 29.1 Å². The molecule has 2 heterocycles. The standard InChI is InChI=1S/C16H23N3O2/c20-16(19(14-5-6-14)13-3-1-2-4-13)10-18-9-12-11-21-8-7-15(12)17-18/h9,13-14H,1-8,10-11H2. The van der Waals surface area contributed by atoms with Crippen LogP contribution in [0.4, 0.5) is 0 Å². The van der Waals surface area contributed by atoms with Crippen LogP contribution in [0.25, 0.3) is 0 Å². The van der Waals surface area contributed by atoms with Gasteiger partial charge in [0.2, 0.25) is 5.91 Å². The average Bonchev–Trinajstić information content (AvgIpc) is 3.00. The average molecular weight is 289 g/mol. The van der Waals surface area contributed by atoms with Crippen LogP contribution in [0.2, 0.25) is 0 Å². The Morgan fingerprint density at radius 1 is 1.29 bits per heavy atom. The van der Waals surface area contributed by atoms with Gasteiger partial charge >= 0.3 is 0 Å². The lowest BCUT2D eigenvalue weighted by atomic mass is 10.2. The lowest BCUT2D eigenvalue weighted by Gasteiger charge is -2.29. The first-order valence-corrected chi connectivity index (χ1v) is 8.25. The molecule has 0 saturated heterocycles. The highest BCUT2D eigenvalue weighted by Crippen LogP contribution is 2.34. The van der Waals surface area contributed by atoms with Crippen molar-refractivity contribution < 1.29 is 9.53 Å². The van der Waals surface area contributed by atoms with Gasteiger partial charge in [-0.05, 0) is 25.7 Å². The van der Waals surface area contributed by atoms with Gasteiger partial charge in [0.05, 0.1) is 18.9 Å². The van der Waals surface area contributed by atoms with E-state index in [1.54, 1.807) is 0 Å². The van der Waals surface area contributed by atoms with Gasteiger partial charge in [-0.1, -0.05) is 12.8 Å². The predicted molar refractivity (Wildman–Crippen MR) is 77.7 cm³/mol. The first kappa shape index (κ1) is 13.3. The zero-order valence-electron chi connectivity index (χ0n) is 12.5. The van der Waals surface area contributed by atoms with Crippen LogP contribution in [0.3, 0.4) is 0 Å². The quantitative estimate of drug-likeness (QED) is 0.850. The van der Waals surface area contributed by atoms with E-state index >= 15 is 0 Å². The van der Waals surface area contributed by atoms with E-state index in [0.29, 0.717) is 25.2 Å². The van der Waals surface area contributed by atoms with E-state index in [1.165, 1.54) is 38.5 Å². The molecule has 0 atom stereocenters. The minimum absolute atomic E-state index is 0.255. The fourth-order valence-electron chi connectivity index (χ4n) is 3.73. The molecule has 0 unspecified atom stereocenters. The first-order chi connectivity index (χ1) is 10.3. The first-order valence-electron chi connectivity index (χ1n) is 8.25. The predicted octanol–water partition coefficient (Wildman–Crippen LogP) is 1.89. The summed E-state index contributed by atoms with van der Waals surface area (Å²) < 4.78 is 7.27. The number of fused-ring (bicyclic) bond motifs is 1. The third-order valence-corrected chi connectivity index (χ3v) is 4.91. The number of rotatable bonds is 4. The minimum Gasteiger partial charge on any atom is -0.376 e. The molecule has 0 N–H and O–H groups in total. The van der Waals surface area contributed by atoms with Gasteiger partial charge in [0.1, 0.15) is 6.54 Å². The summed E-state index contributed by atoms with van der Waals surface area (Å²) in [6.45, 7) is 1.77. The van der Waals surface area contributed by atoms with Crippen molar-refractivity contribution in [3.05, 3.63) is 17.5 Å². The summed E-state index contributed by atoms with van der Waals surface area (Å²) >= 11 is 0. The maximum Gasteiger partial charge on any atom is 0.244 e. The highest BCUT2D eigenvalue weighted by atomic mass is 16.5. The molecular formula is C16H23N3O2. The monoisotopic (exact) mass is 289 g/mol. The Hall–Kier alpha value is -1.36. The Morgan fingerprint density at radius 3 is 2.76 bits per heavy atom. The van der Waals surface area contributed by atoms with Crippen LogP contribution in [0, 0.1) is 0 Å². The van der Waals surface area contributed by atoms with Crippen LogP contribution in [0.15, 0.2) is 6.20 Å². The normalized spacial score (nSPS) is 22.3. The third kappa shape index (κ3) is 2.71. The summed E-state index contributed by atoms with van der Waals surface area (Å²) in [4.78, 5) is 14.9. The van der Waals surface area contributed by atoms with Crippen LogP contribution >= 0.6 is 0 Å². The third-order valence-electron chi connectivity index (χ3n) is 4.91. The van der Waals surface area contributed by atoms with E-state index in [0.717, 1.165) is 24.3 Å². The molecule has 0 bridgehead atoms. The van der Waals surface area contributed by atoms with Gasteiger partial charge in [0.25, 0.3) is 0 Å². The number of hydrogen-bond acceptors (Lipinski definition) is 3. The SMILES string of the molecule is O=C(Cn1cc2c(n1)CCOC2)N(C1CCCC1)C1CC1. The molecule has 1 aromatic heterocycles. The summed E-state index contributed by atoms with van der Waals surface area (Å²) in [6.07, 6.45) is 10.1. The lowest BCUT2D eigenvalue weighted by molar-refractivity contribution is -0.135. The second kappa shape index (κ2) is 5.44. The molecule has 2 aliphatic carbocycles. The molecule has 1 amide bonds. The van der Waals surface area contributed by atoms with Gasteiger partial charge in [0.15, 0.2) is 0 Å². The second-order valence-electron chi connectivity index (χ2n) is 6.57. The highest BCUT2D eigenvalue weighted by molar-refractivity contribution is 5.77. The summed E-state index contributed by atoms with van der Waals surface area (Å²) in [5.41, 5.74) is 2.25. The summed E-state index contributed by atoms with van der Waals surface area (Å²) in [5.74, 6) is 0.255. The molecule has 0 spiro atoms. The molecule has 21 heavy (non-hydrogen) atoms. The molecule has 0 aromatic carbocycles. The molecule has 1 aromatic rings. The summed E-state index contributed by atoms with van der Waals surface area (Å²) in [7, 11) is 0. The van der Waals surface area contributed by atoms with Crippen molar-refractivity contribution in [2.24, 2.45) is 0 Å². The number of carbonyl (C=O) groups is 1. The van der Waals surface area contributed by atoms with E-state index in [9.17, 15) is 4.79 Å². The number of hydrogen-bond donors (Lipinski definition) is 0. The maximum absolute atomic E-state index is 12.7. The Labute approximate surface area is 125 Å². The van der Waals surface area contributed by atoms with Crippen molar-refractivity contribution in [3.8, 4) is 0 Å². The van der Waals surface area contributed by atoms with Crippen molar-refractivity contribution in [2.75, 3.05) is 6.61 Å². The number of carbonyl (C=O) groups excluding carboxylic acids is 1. The maximum atomic E-state index is 12.7.